The number of carboxylic acid groups (broad SMARTS) is 1. The highest BCUT2D eigenvalue weighted by molar-refractivity contribution is 6.01. The summed E-state index contributed by atoms with van der Waals surface area (Å²) in [5, 5.41) is 9.46. The topological polar surface area (TPSA) is 54.4 Å². The molecule has 3 heteroatoms. The van der Waals surface area contributed by atoms with Gasteiger partial charge < -0.3 is 5.11 Å². The average molecular weight is 266 g/mol. The first-order valence-electron chi connectivity index (χ1n) is 6.58. The van der Waals surface area contributed by atoms with Gasteiger partial charge in [-0.25, -0.2) is 0 Å². The summed E-state index contributed by atoms with van der Waals surface area (Å²) < 4.78 is 0. The fourth-order valence-corrected chi connectivity index (χ4v) is 2.97. The third-order valence-electron chi connectivity index (χ3n) is 3.88. The van der Waals surface area contributed by atoms with Crippen molar-refractivity contribution in [3.63, 3.8) is 0 Å². The summed E-state index contributed by atoms with van der Waals surface area (Å²) in [6.07, 6.45) is 0.0614. The molecule has 0 heterocycles. The molecule has 0 fully saturated rings. The van der Waals surface area contributed by atoms with E-state index in [4.69, 9.17) is 0 Å². The van der Waals surface area contributed by atoms with Gasteiger partial charge in [-0.1, -0.05) is 54.6 Å². The third-order valence-corrected chi connectivity index (χ3v) is 3.88. The van der Waals surface area contributed by atoms with E-state index in [1.54, 1.807) is 6.07 Å². The Morgan fingerprint density at radius 1 is 1.00 bits per heavy atom. The number of hydrogen-bond acceptors (Lipinski definition) is 2. The van der Waals surface area contributed by atoms with Crippen molar-refractivity contribution in [1.82, 2.24) is 0 Å². The zero-order valence-electron chi connectivity index (χ0n) is 10.8. The van der Waals surface area contributed by atoms with Gasteiger partial charge >= 0.3 is 5.97 Å². The lowest BCUT2D eigenvalue weighted by molar-refractivity contribution is -0.142. The van der Waals surface area contributed by atoms with Crippen molar-refractivity contribution < 1.29 is 14.7 Å². The van der Waals surface area contributed by atoms with Gasteiger partial charge in [-0.3, -0.25) is 9.59 Å². The summed E-state index contributed by atoms with van der Waals surface area (Å²) in [4.78, 5) is 23.7. The molecule has 2 aromatic carbocycles. The Morgan fingerprint density at radius 2 is 1.65 bits per heavy atom. The number of carbonyl (C=O) groups excluding carboxylic acids is 1. The molecule has 3 nitrogen and oxygen atoms in total. The molecular weight excluding hydrogens is 252 g/mol. The van der Waals surface area contributed by atoms with Crippen LogP contribution in [0.15, 0.2) is 54.6 Å². The largest absolute Gasteiger partial charge is 0.481 e. The molecule has 1 N–H and O–H groups in total. The molecule has 0 aliphatic heterocycles. The van der Waals surface area contributed by atoms with Crippen LogP contribution < -0.4 is 0 Å². The van der Waals surface area contributed by atoms with Crippen LogP contribution in [0, 0.1) is 5.92 Å². The second kappa shape index (κ2) is 4.93. The Bertz CT molecular complexity index is 661. The number of carbonyl (C=O) groups is 2. The second-order valence-corrected chi connectivity index (χ2v) is 5.05. The molecule has 0 aromatic heterocycles. The number of Topliss-reactive ketones (excluding diaryl/α,β-unsaturated/α-hetero) is 1. The number of aliphatic carboxylic acids is 1. The summed E-state index contributed by atoms with van der Waals surface area (Å²) in [5.41, 5.74) is 2.42. The van der Waals surface area contributed by atoms with Crippen LogP contribution in [0.25, 0.3) is 0 Å². The van der Waals surface area contributed by atoms with Gasteiger partial charge in [0.25, 0.3) is 0 Å². The van der Waals surface area contributed by atoms with Crippen LogP contribution in [0.4, 0.5) is 0 Å². The van der Waals surface area contributed by atoms with E-state index >= 15 is 0 Å². The molecule has 2 atom stereocenters. The van der Waals surface area contributed by atoms with E-state index < -0.39 is 11.9 Å². The first-order valence-corrected chi connectivity index (χ1v) is 6.58. The SMILES string of the molecule is O=C1C[C@H](C(=O)O)[C@@H](c2ccccc2)c2ccccc21. The molecule has 0 amide bonds. The van der Waals surface area contributed by atoms with Crippen LogP contribution in [0.5, 0.6) is 0 Å². The highest BCUT2D eigenvalue weighted by Crippen LogP contribution is 2.40. The van der Waals surface area contributed by atoms with Crippen LogP contribution in [0.3, 0.4) is 0 Å². The van der Waals surface area contributed by atoms with Crippen LogP contribution in [0.2, 0.25) is 0 Å². The van der Waals surface area contributed by atoms with Gasteiger partial charge in [-0.2, -0.15) is 0 Å². The molecule has 2 aromatic rings. The number of benzene rings is 2. The van der Waals surface area contributed by atoms with Crippen molar-refractivity contribution >= 4 is 11.8 Å². The Hall–Kier alpha value is -2.42. The lowest BCUT2D eigenvalue weighted by Gasteiger charge is -2.30. The fraction of sp³-hybridized carbons (Fsp3) is 0.176. The number of rotatable bonds is 2. The van der Waals surface area contributed by atoms with Crippen molar-refractivity contribution in [1.29, 1.82) is 0 Å². The van der Waals surface area contributed by atoms with E-state index in [-0.39, 0.29) is 18.1 Å². The third kappa shape index (κ3) is 2.01. The molecule has 0 saturated carbocycles. The minimum absolute atomic E-state index is 0.0614. The maximum Gasteiger partial charge on any atom is 0.307 e. The molecule has 0 unspecified atom stereocenters. The van der Waals surface area contributed by atoms with E-state index in [0.717, 1.165) is 11.1 Å². The van der Waals surface area contributed by atoms with Crippen LogP contribution >= 0.6 is 0 Å². The van der Waals surface area contributed by atoms with Gasteiger partial charge in [0.15, 0.2) is 5.78 Å². The maximum atomic E-state index is 12.1. The van der Waals surface area contributed by atoms with E-state index in [1.165, 1.54) is 0 Å². The molecule has 0 bridgehead atoms. The first-order chi connectivity index (χ1) is 9.68. The highest BCUT2D eigenvalue weighted by Gasteiger charge is 2.38. The van der Waals surface area contributed by atoms with Crippen molar-refractivity contribution in [2.24, 2.45) is 5.92 Å². The minimum Gasteiger partial charge on any atom is -0.481 e. The summed E-state index contributed by atoms with van der Waals surface area (Å²) in [6, 6.07) is 16.9. The van der Waals surface area contributed by atoms with Crippen LogP contribution in [0.1, 0.15) is 33.8 Å². The zero-order valence-corrected chi connectivity index (χ0v) is 10.8. The van der Waals surface area contributed by atoms with Crippen molar-refractivity contribution in [2.75, 3.05) is 0 Å². The summed E-state index contributed by atoms with van der Waals surface area (Å²) in [6.45, 7) is 0. The standard InChI is InChI=1S/C17H14O3/c18-15-10-14(17(19)20)16(11-6-2-1-3-7-11)13-9-5-4-8-12(13)15/h1-9,14,16H,10H2,(H,19,20)/t14-,16-/m0/s1. The summed E-state index contributed by atoms with van der Waals surface area (Å²) >= 11 is 0. The van der Waals surface area contributed by atoms with Crippen molar-refractivity contribution in [2.45, 2.75) is 12.3 Å². The molecule has 1 aliphatic carbocycles. The van der Waals surface area contributed by atoms with Gasteiger partial charge in [0.1, 0.15) is 0 Å². The van der Waals surface area contributed by atoms with E-state index in [1.807, 2.05) is 48.5 Å². The quantitative estimate of drug-likeness (QED) is 0.908. The van der Waals surface area contributed by atoms with E-state index in [9.17, 15) is 14.7 Å². The Labute approximate surface area is 116 Å². The molecule has 0 saturated heterocycles. The monoisotopic (exact) mass is 266 g/mol. The van der Waals surface area contributed by atoms with E-state index in [2.05, 4.69) is 0 Å². The second-order valence-electron chi connectivity index (χ2n) is 5.05. The minimum atomic E-state index is -0.915. The lowest BCUT2D eigenvalue weighted by Crippen LogP contribution is -2.31. The summed E-state index contributed by atoms with van der Waals surface area (Å²) in [5.74, 6) is -1.95. The Morgan fingerprint density at radius 3 is 2.35 bits per heavy atom. The number of ketones is 1. The highest BCUT2D eigenvalue weighted by atomic mass is 16.4. The molecule has 3 rings (SSSR count). The van der Waals surface area contributed by atoms with E-state index in [0.29, 0.717) is 5.56 Å². The van der Waals surface area contributed by atoms with Gasteiger partial charge in [0.2, 0.25) is 0 Å². The molecular formula is C17H14O3. The number of carboxylic acids is 1. The van der Waals surface area contributed by atoms with Gasteiger partial charge in [0.05, 0.1) is 5.92 Å². The predicted molar refractivity (Wildman–Crippen MR) is 74.8 cm³/mol. The number of fused-ring (bicyclic) bond motifs is 1. The Balaban J connectivity index is 2.19. The van der Waals surface area contributed by atoms with Crippen LogP contribution in [-0.4, -0.2) is 16.9 Å². The molecule has 0 spiro atoms. The fourth-order valence-electron chi connectivity index (χ4n) is 2.97. The normalized spacial score (nSPS) is 21.3. The van der Waals surface area contributed by atoms with Gasteiger partial charge in [0, 0.05) is 17.9 Å². The predicted octanol–water partition coefficient (Wildman–Crippen LogP) is 3.11. The molecule has 20 heavy (non-hydrogen) atoms. The van der Waals surface area contributed by atoms with Crippen molar-refractivity contribution in [3.8, 4) is 0 Å². The zero-order chi connectivity index (χ0) is 14.1. The number of hydrogen-bond donors (Lipinski definition) is 1. The lowest BCUT2D eigenvalue weighted by atomic mass is 9.71. The van der Waals surface area contributed by atoms with Gasteiger partial charge in [-0.15, -0.1) is 0 Å². The maximum absolute atomic E-state index is 12.1. The summed E-state index contributed by atoms with van der Waals surface area (Å²) in [7, 11) is 0. The van der Waals surface area contributed by atoms with Gasteiger partial charge in [-0.05, 0) is 11.1 Å². The Kier molecular flexibility index (Phi) is 3.11. The van der Waals surface area contributed by atoms with Crippen LogP contribution in [-0.2, 0) is 4.79 Å². The average Bonchev–Trinajstić information content (AvgIpc) is 2.48. The molecule has 1 aliphatic rings. The first kappa shape index (κ1) is 12.6. The smallest absolute Gasteiger partial charge is 0.307 e. The molecule has 100 valence electrons. The van der Waals surface area contributed by atoms with Crippen molar-refractivity contribution in [3.05, 3.63) is 71.3 Å². The molecule has 0 radical (unpaired) electrons.